The normalized spacial score (nSPS) is 11.4. The number of aromatic amines is 1. The van der Waals surface area contributed by atoms with Gasteiger partial charge in [0.1, 0.15) is 0 Å². The summed E-state index contributed by atoms with van der Waals surface area (Å²) in [5.41, 5.74) is 2.48. The molecular formula is C17H12N2O. The van der Waals surface area contributed by atoms with Crippen LogP contribution >= 0.6 is 0 Å². The van der Waals surface area contributed by atoms with Gasteiger partial charge in [0.05, 0.1) is 16.6 Å². The fourth-order valence-corrected chi connectivity index (χ4v) is 2.89. The molecule has 96 valence electrons. The van der Waals surface area contributed by atoms with Gasteiger partial charge in [-0.2, -0.15) is 0 Å². The first-order valence-electron chi connectivity index (χ1n) is 6.56. The van der Waals surface area contributed by atoms with Crippen molar-refractivity contribution < 1.29 is 0 Å². The third kappa shape index (κ3) is 1.40. The third-order valence-corrected chi connectivity index (χ3v) is 3.75. The molecule has 0 saturated carbocycles. The summed E-state index contributed by atoms with van der Waals surface area (Å²) in [6.07, 6.45) is 0. The number of hydrogen-bond acceptors (Lipinski definition) is 2. The summed E-state index contributed by atoms with van der Waals surface area (Å²) < 4.78 is 0. The third-order valence-electron chi connectivity index (χ3n) is 3.75. The van der Waals surface area contributed by atoms with Crippen LogP contribution in [0.25, 0.3) is 32.6 Å². The number of nitrogens with zero attached hydrogens (tertiary/aromatic N) is 1. The molecule has 2 heterocycles. The quantitative estimate of drug-likeness (QED) is 0.491. The van der Waals surface area contributed by atoms with Crippen LogP contribution in [0.3, 0.4) is 0 Å². The SMILES string of the molecule is Cc1nc2ccccc2c2c1c(=O)[nH]c1ccccc12. The van der Waals surface area contributed by atoms with Crippen LogP contribution in [0.15, 0.2) is 53.3 Å². The van der Waals surface area contributed by atoms with Gasteiger partial charge in [-0.25, -0.2) is 0 Å². The largest absolute Gasteiger partial charge is 0.321 e. The number of aromatic nitrogens is 2. The molecule has 3 nitrogen and oxygen atoms in total. The molecule has 0 unspecified atom stereocenters. The predicted octanol–water partition coefficient (Wildman–Crippen LogP) is 3.54. The maximum atomic E-state index is 12.4. The zero-order valence-electron chi connectivity index (χ0n) is 11.0. The molecule has 0 saturated heterocycles. The van der Waals surface area contributed by atoms with Crippen LogP contribution in [-0.4, -0.2) is 9.97 Å². The molecule has 4 aromatic rings. The first kappa shape index (κ1) is 11.2. The molecule has 0 spiro atoms. The van der Waals surface area contributed by atoms with Crippen LogP contribution in [0.2, 0.25) is 0 Å². The van der Waals surface area contributed by atoms with E-state index in [1.165, 1.54) is 0 Å². The van der Waals surface area contributed by atoms with E-state index in [1.54, 1.807) is 0 Å². The van der Waals surface area contributed by atoms with Crippen molar-refractivity contribution in [1.29, 1.82) is 0 Å². The topological polar surface area (TPSA) is 45.8 Å². The number of nitrogens with one attached hydrogen (secondary N) is 1. The van der Waals surface area contributed by atoms with Crippen molar-refractivity contribution in [3.63, 3.8) is 0 Å². The molecule has 20 heavy (non-hydrogen) atoms. The second kappa shape index (κ2) is 3.90. The van der Waals surface area contributed by atoms with Crippen molar-refractivity contribution >= 4 is 32.6 Å². The van der Waals surface area contributed by atoms with Crippen LogP contribution in [-0.2, 0) is 0 Å². The molecule has 0 bridgehead atoms. The highest BCUT2D eigenvalue weighted by Crippen LogP contribution is 2.29. The summed E-state index contributed by atoms with van der Waals surface area (Å²) >= 11 is 0. The van der Waals surface area contributed by atoms with Crippen LogP contribution in [0.1, 0.15) is 5.69 Å². The van der Waals surface area contributed by atoms with Crippen molar-refractivity contribution in [1.82, 2.24) is 9.97 Å². The molecule has 3 heteroatoms. The standard InChI is InChI=1S/C17H12N2O/c1-10-15-16(11-6-2-4-8-13(11)18-10)12-7-3-5-9-14(12)19-17(15)20/h2-9H,1H3,(H,19,20). The van der Waals surface area contributed by atoms with Gasteiger partial charge in [-0.05, 0) is 19.1 Å². The van der Waals surface area contributed by atoms with E-state index in [0.29, 0.717) is 5.39 Å². The zero-order valence-corrected chi connectivity index (χ0v) is 11.0. The highest BCUT2D eigenvalue weighted by molar-refractivity contribution is 6.18. The van der Waals surface area contributed by atoms with E-state index in [2.05, 4.69) is 9.97 Å². The monoisotopic (exact) mass is 260 g/mol. The van der Waals surface area contributed by atoms with Crippen molar-refractivity contribution in [2.75, 3.05) is 0 Å². The molecule has 0 atom stereocenters. The van der Waals surface area contributed by atoms with Crippen molar-refractivity contribution in [2.24, 2.45) is 0 Å². The Balaban J connectivity index is 2.47. The summed E-state index contributed by atoms with van der Waals surface area (Å²) in [5.74, 6) is 0. The summed E-state index contributed by atoms with van der Waals surface area (Å²) in [6, 6.07) is 15.9. The van der Waals surface area contributed by atoms with Crippen LogP contribution in [0.4, 0.5) is 0 Å². The van der Waals surface area contributed by atoms with E-state index in [9.17, 15) is 4.79 Å². The second-order valence-corrected chi connectivity index (χ2v) is 4.96. The molecule has 0 aliphatic heterocycles. The number of hydrogen-bond donors (Lipinski definition) is 1. The number of benzene rings is 2. The molecule has 0 aliphatic rings. The molecule has 0 aliphatic carbocycles. The van der Waals surface area contributed by atoms with Crippen molar-refractivity contribution in [2.45, 2.75) is 6.92 Å². The smallest absolute Gasteiger partial charge is 0.258 e. The number of aryl methyl sites for hydroxylation is 1. The van der Waals surface area contributed by atoms with Gasteiger partial charge in [0, 0.05) is 21.7 Å². The van der Waals surface area contributed by atoms with Gasteiger partial charge in [-0.1, -0.05) is 36.4 Å². The molecule has 2 aromatic carbocycles. The van der Waals surface area contributed by atoms with Gasteiger partial charge in [-0.15, -0.1) is 0 Å². The maximum Gasteiger partial charge on any atom is 0.258 e. The van der Waals surface area contributed by atoms with E-state index in [1.807, 2.05) is 55.5 Å². The number of para-hydroxylation sites is 2. The Kier molecular flexibility index (Phi) is 2.18. The average Bonchev–Trinajstić information content (AvgIpc) is 2.46. The first-order chi connectivity index (χ1) is 9.75. The molecule has 0 fully saturated rings. The van der Waals surface area contributed by atoms with Crippen molar-refractivity contribution in [3.8, 4) is 0 Å². The van der Waals surface area contributed by atoms with Crippen LogP contribution in [0, 0.1) is 6.92 Å². The Morgan fingerprint density at radius 3 is 2.45 bits per heavy atom. The Morgan fingerprint density at radius 2 is 1.60 bits per heavy atom. The highest BCUT2D eigenvalue weighted by atomic mass is 16.1. The lowest BCUT2D eigenvalue weighted by molar-refractivity contribution is 1.25. The second-order valence-electron chi connectivity index (χ2n) is 4.96. The highest BCUT2D eigenvalue weighted by Gasteiger charge is 2.12. The van der Waals surface area contributed by atoms with Crippen LogP contribution in [0.5, 0.6) is 0 Å². The maximum absolute atomic E-state index is 12.4. The van der Waals surface area contributed by atoms with E-state index in [4.69, 9.17) is 0 Å². The van der Waals surface area contributed by atoms with Crippen molar-refractivity contribution in [3.05, 3.63) is 64.6 Å². The van der Waals surface area contributed by atoms with Crippen LogP contribution < -0.4 is 5.56 Å². The number of fused-ring (bicyclic) bond motifs is 5. The van der Waals surface area contributed by atoms with Gasteiger partial charge in [0.2, 0.25) is 0 Å². The molecule has 4 rings (SSSR count). The average molecular weight is 260 g/mol. The minimum Gasteiger partial charge on any atom is -0.321 e. The lowest BCUT2D eigenvalue weighted by Crippen LogP contribution is -2.09. The fourth-order valence-electron chi connectivity index (χ4n) is 2.89. The summed E-state index contributed by atoms with van der Waals surface area (Å²) in [4.78, 5) is 19.9. The molecule has 0 amide bonds. The Hall–Kier alpha value is -2.68. The Morgan fingerprint density at radius 1 is 0.900 bits per heavy atom. The predicted molar refractivity (Wildman–Crippen MR) is 82.1 cm³/mol. The summed E-state index contributed by atoms with van der Waals surface area (Å²) in [7, 11) is 0. The fraction of sp³-hybridized carbons (Fsp3) is 0.0588. The minimum atomic E-state index is -0.0746. The van der Waals surface area contributed by atoms with E-state index in [-0.39, 0.29) is 5.56 Å². The number of pyridine rings is 2. The van der Waals surface area contributed by atoms with Gasteiger partial charge in [0.15, 0.2) is 0 Å². The summed E-state index contributed by atoms with van der Waals surface area (Å²) in [6.45, 7) is 1.89. The molecule has 0 radical (unpaired) electrons. The number of H-pyrrole nitrogens is 1. The van der Waals surface area contributed by atoms with Gasteiger partial charge in [0.25, 0.3) is 5.56 Å². The number of rotatable bonds is 0. The van der Waals surface area contributed by atoms with Gasteiger partial charge >= 0.3 is 0 Å². The lowest BCUT2D eigenvalue weighted by Gasteiger charge is -2.09. The van der Waals surface area contributed by atoms with E-state index >= 15 is 0 Å². The van der Waals surface area contributed by atoms with E-state index < -0.39 is 0 Å². The Labute approximate surface area is 114 Å². The zero-order chi connectivity index (χ0) is 13.7. The minimum absolute atomic E-state index is 0.0746. The molecule has 1 N–H and O–H groups in total. The van der Waals surface area contributed by atoms with Gasteiger partial charge in [-0.3, -0.25) is 9.78 Å². The molecular weight excluding hydrogens is 248 g/mol. The summed E-state index contributed by atoms with van der Waals surface area (Å²) in [5, 5.41) is 3.76. The first-order valence-corrected chi connectivity index (χ1v) is 6.56. The molecule has 2 aromatic heterocycles. The van der Waals surface area contributed by atoms with E-state index in [0.717, 1.165) is 32.9 Å². The Bertz CT molecular complexity index is 1020. The van der Waals surface area contributed by atoms with Gasteiger partial charge < -0.3 is 4.98 Å². The lowest BCUT2D eigenvalue weighted by atomic mass is 10.0.